The number of fused-ring (bicyclic) bond motifs is 1. The van der Waals surface area contributed by atoms with Crippen LogP contribution in [0.15, 0.2) is 65.3 Å². The maximum atomic E-state index is 12.7. The van der Waals surface area contributed by atoms with Gasteiger partial charge in [-0.2, -0.15) is 5.10 Å². The Morgan fingerprint density at radius 3 is 2.69 bits per heavy atom. The zero-order valence-electron chi connectivity index (χ0n) is 13.8. The molecule has 0 unspecified atom stereocenters. The fourth-order valence-corrected chi connectivity index (χ4v) is 3.03. The van der Waals surface area contributed by atoms with Crippen LogP contribution in [-0.2, 0) is 0 Å². The zero-order chi connectivity index (χ0) is 18.1. The molecule has 0 aliphatic carbocycles. The summed E-state index contributed by atoms with van der Waals surface area (Å²) in [5.41, 5.74) is 3.32. The first-order valence-corrected chi connectivity index (χ1v) is 8.75. The Morgan fingerprint density at radius 1 is 1.08 bits per heavy atom. The molecule has 0 aliphatic heterocycles. The van der Waals surface area contributed by atoms with Gasteiger partial charge in [0.2, 0.25) is 0 Å². The van der Waals surface area contributed by atoms with Gasteiger partial charge >= 0.3 is 0 Å². The maximum Gasteiger partial charge on any atom is 0.277 e. The van der Waals surface area contributed by atoms with Crippen molar-refractivity contribution in [2.75, 3.05) is 5.32 Å². The van der Waals surface area contributed by atoms with Crippen LogP contribution in [0.3, 0.4) is 0 Å². The number of aromatic nitrogens is 4. The number of nitrogens with one attached hydrogen (secondary N) is 1. The van der Waals surface area contributed by atoms with Gasteiger partial charge in [-0.1, -0.05) is 34.1 Å². The number of aryl methyl sites for hydroxylation is 1. The van der Waals surface area contributed by atoms with Gasteiger partial charge in [0.1, 0.15) is 11.5 Å². The molecule has 0 spiro atoms. The van der Waals surface area contributed by atoms with E-state index in [1.807, 2.05) is 61.5 Å². The van der Waals surface area contributed by atoms with Crippen LogP contribution in [0.4, 0.5) is 5.82 Å². The summed E-state index contributed by atoms with van der Waals surface area (Å²) in [5.74, 6) is 0.236. The van der Waals surface area contributed by atoms with E-state index in [0.29, 0.717) is 11.3 Å². The first-order chi connectivity index (χ1) is 12.6. The van der Waals surface area contributed by atoms with Crippen LogP contribution in [0.2, 0.25) is 0 Å². The fraction of sp³-hybridized carbons (Fsp3) is 0.0526. The van der Waals surface area contributed by atoms with E-state index in [1.54, 1.807) is 4.68 Å². The highest BCUT2D eigenvalue weighted by Gasteiger charge is 2.14. The van der Waals surface area contributed by atoms with Crippen molar-refractivity contribution in [2.45, 2.75) is 6.92 Å². The number of rotatable bonds is 3. The monoisotopic (exact) mass is 407 g/mol. The normalized spacial score (nSPS) is 10.8. The molecule has 0 bridgehead atoms. The van der Waals surface area contributed by atoms with Crippen molar-refractivity contribution in [1.82, 2.24) is 19.7 Å². The Labute approximate surface area is 158 Å². The Kier molecular flexibility index (Phi) is 4.22. The summed E-state index contributed by atoms with van der Waals surface area (Å²) in [6, 6.07) is 16.9. The molecule has 7 heteroatoms. The van der Waals surface area contributed by atoms with Gasteiger partial charge in [0, 0.05) is 10.5 Å². The highest BCUT2D eigenvalue weighted by molar-refractivity contribution is 9.10. The van der Waals surface area contributed by atoms with Crippen LogP contribution in [0, 0.1) is 6.92 Å². The third-order valence-electron chi connectivity index (χ3n) is 3.81. The molecular formula is C19H14BrN5O. The Hall–Kier alpha value is -3.06. The smallest absolute Gasteiger partial charge is 0.277 e. The van der Waals surface area contributed by atoms with Crippen LogP contribution in [0.25, 0.3) is 16.7 Å². The van der Waals surface area contributed by atoms with Gasteiger partial charge in [-0.05, 0) is 37.3 Å². The van der Waals surface area contributed by atoms with Crippen molar-refractivity contribution in [1.29, 1.82) is 0 Å². The molecule has 0 aliphatic rings. The lowest BCUT2D eigenvalue weighted by molar-refractivity contribution is 0.102. The van der Waals surface area contributed by atoms with Gasteiger partial charge in [0.25, 0.3) is 5.91 Å². The van der Waals surface area contributed by atoms with Gasteiger partial charge in [0.05, 0.1) is 28.6 Å². The second-order valence-electron chi connectivity index (χ2n) is 5.76. The number of nitrogens with zero attached hydrogens (tertiary/aromatic N) is 4. The molecule has 128 valence electrons. The van der Waals surface area contributed by atoms with Crippen molar-refractivity contribution in [3.05, 3.63) is 76.7 Å². The number of benzene rings is 2. The maximum absolute atomic E-state index is 12.7. The van der Waals surface area contributed by atoms with E-state index in [-0.39, 0.29) is 11.6 Å². The van der Waals surface area contributed by atoms with Crippen LogP contribution < -0.4 is 5.32 Å². The SMILES string of the molecule is Cc1cc(NC(=O)c2cnc3ccccc3n2)n(-c2cccc(Br)c2)n1. The number of carbonyl (C=O) groups excluding carboxylic acids is 1. The third-order valence-corrected chi connectivity index (χ3v) is 4.30. The second-order valence-corrected chi connectivity index (χ2v) is 6.68. The number of amides is 1. The van der Waals surface area contributed by atoms with Crippen LogP contribution in [0.5, 0.6) is 0 Å². The van der Waals surface area contributed by atoms with Crippen molar-refractivity contribution >= 4 is 38.7 Å². The summed E-state index contributed by atoms with van der Waals surface area (Å²) in [5, 5.41) is 7.34. The summed E-state index contributed by atoms with van der Waals surface area (Å²) >= 11 is 3.45. The molecule has 1 amide bonds. The highest BCUT2D eigenvalue weighted by Crippen LogP contribution is 2.21. The average Bonchev–Trinajstić information content (AvgIpc) is 3.01. The molecule has 1 N–H and O–H groups in total. The average molecular weight is 408 g/mol. The van der Waals surface area contributed by atoms with Gasteiger partial charge in [0.15, 0.2) is 0 Å². The first kappa shape index (κ1) is 16.4. The molecule has 4 rings (SSSR count). The summed E-state index contributed by atoms with van der Waals surface area (Å²) in [7, 11) is 0. The fourth-order valence-electron chi connectivity index (χ4n) is 2.64. The van der Waals surface area contributed by atoms with Crippen molar-refractivity contribution in [3.8, 4) is 5.69 Å². The number of hydrogen-bond donors (Lipinski definition) is 1. The summed E-state index contributed by atoms with van der Waals surface area (Å²) in [6.45, 7) is 1.87. The molecule has 0 atom stereocenters. The zero-order valence-corrected chi connectivity index (χ0v) is 15.4. The van der Waals surface area contributed by atoms with E-state index in [9.17, 15) is 4.79 Å². The highest BCUT2D eigenvalue weighted by atomic mass is 79.9. The summed E-state index contributed by atoms with van der Waals surface area (Å²) < 4.78 is 2.62. The topological polar surface area (TPSA) is 72.7 Å². The van der Waals surface area contributed by atoms with E-state index in [2.05, 4.69) is 36.3 Å². The molecule has 2 aromatic heterocycles. The lowest BCUT2D eigenvalue weighted by Crippen LogP contribution is -2.16. The quantitative estimate of drug-likeness (QED) is 0.553. The standard InChI is InChI=1S/C19H14BrN5O/c1-12-9-18(25(24-12)14-6-4-5-13(20)10-14)23-19(26)17-11-21-15-7-2-3-8-16(15)22-17/h2-11H,1H3,(H,23,26). The van der Waals surface area contributed by atoms with Gasteiger partial charge in [-0.3, -0.25) is 9.78 Å². The van der Waals surface area contributed by atoms with Crippen LogP contribution in [-0.4, -0.2) is 25.7 Å². The van der Waals surface area contributed by atoms with E-state index in [0.717, 1.165) is 21.4 Å². The van der Waals surface area contributed by atoms with E-state index in [4.69, 9.17) is 0 Å². The Balaban J connectivity index is 1.67. The van der Waals surface area contributed by atoms with E-state index >= 15 is 0 Å². The number of halogens is 1. The lowest BCUT2D eigenvalue weighted by atomic mass is 10.3. The van der Waals surface area contributed by atoms with E-state index < -0.39 is 0 Å². The Bertz CT molecular complexity index is 1120. The summed E-state index contributed by atoms with van der Waals surface area (Å²) in [6.07, 6.45) is 1.48. The molecule has 6 nitrogen and oxygen atoms in total. The van der Waals surface area contributed by atoms with Gasteiger partial charge in [-0.15, -0.1) is 0 Å². The van der Waals surface area contributed by atoms with Crippen molar-refractivity contribution < 1.29 is 4.79 Å². The largest absolute Gasteiger partial charge is 0.305 e. The molecule has 26 heavy (non-hydrogen) atoms. The molecule has 0 radical (unpaired) electrons. The first-order valence-electron chi connectivity index (χ1n) is 7.96. The predicted molar refractivity (Wildman–Crippen MR) is 103 cm³/mol. The minimum absolute atomic E-state index is 0.253. The number of anilines is 1. The number of hydrogen-bond acceptors (Lipinski definition) is 4. The van der Waals surface area contributed by atoms with Crippen molar-refractivity contribution in [3.63, 3.8) is 0 Å². The second kappa shape index (κ2) is 6.68. The Morgan fingerprint density at radius 2 is 1.88 bits per heavy atom. The third kappa shape index (κ3) is 3.21. The van der Waals surface area contributed by atoms with Crippen LogP contribution >= 0.6 is 15.9 Å². The predicted octanol–water partition coefficient (Wildman–Crippen LogP) is 4.14. The molecular weight excluding hydrogens is 394 g/mol. The molecule has 4 aromatic rings. The molecule has 0 fully saturated rings. The minimum atomic E-state index is -0.334. The lowest BCUT2D eigenvalue weighted by Gasteiger charge is -2.09. The molecule has 0 saturated heterocycles. The van der Waals surface area contributed by atoms with Crippen molar-refractivity contribution in [2.24, 2.45) is 0 Å². The molecule has 2 aromatic carbocycles. The number of para-hydroxylation sites is 2. The summed E-state index contributed by atoms with van der Waals surface area (Å²) in [4.78, 5) is 21.3. The van der Waals surface area contributed by atoms with Crippen LogP contribution in [0.1, 0.15) is 16.2 Å². The van der Waals surface area contributed by atoms with E-state index in [1.165, 1.54) is 6.20 Å². The number of carbonyl (C=O) groups is 1. The molecule has 0 saturated carbocycles. The van der Waals surface area contributed by atoms with Gasteiger partial charge in [-0.25, -0.2) is 9.67 Å². The molecule has 2 heterocycles. The minimum Gasteiger partial charge on any atom is -0.305 e. The van der Waals surface area contributed by atoms with Gasteiger partial charge < -0.3 is 5.32 Å².